The second-order valence-electron chi connectivity index (χ2n) is 4.42. The molecule has 2 rings (SSSR count). The van der Waals surface area contributed by atoms with Gasteiger partial charge in [-0.25, -0.2) is 4.68 Å². The Morgan fingerprint density at radius 1 is 1.26 bits per heavy atom. The van der Waals surface area contributed by atoms with Gasteiger partial charge >= 0.3 is 0 Å². The third-order valence-electron chi connectivity index (χ3n) is 2.91. The van der Waals surface area contributed by atoms with Crippen LogP contribution in [-0.2, 0) is 6.54 Å². The number of nitrogens with one attached hydrogen (secondary N) is 1. The first-order chi connectivity index (χ1) is 9.13. The van der Waals surface area contributed by atoms with Crippen LogP contribution in [0.15, 0.2) is 24.4 Å². The first-order valence-electron chi connectivity index (χ1n) is 6.33. The Bertz CT molecular complexity index is 544. The summed E-state index contributed by atoms with van der Waals surface area (Å²) in [7, 11) is 0. The minimum atomic E-state index is 0.660. The molecule has 1 N–H and O–H groups in total. The summed E-state index contributed by atoms with van der Waals surface area (Å²) in [5.41, 5.74) is 2.82. The van der Waals surface area contributed by atoms with Gasteiger partial charge in [0, 0.05) is 23.3 Å². The van der Waals surface area contributed by atoms with Crippen molar-refractivity contribution in [1.82, 2.24) is 15.1 Å². The number of benzene rings is 1. The van der Waals surface area contributed by atoms with Crippen LogP contribution in [0.4, 0.5) is 0 Å². The number of aromatic nitrogens is 2. The fourth-order valence-corrected chi connectivity index (χ4v) is 2.26. The number of hydrogen-bond donors (Lipinski definition) is 1. The Kier molecular flexibility index (Phi) is 4.86. The molecule has 102 valence electrons. The number of hydrogen-bond acceptors (Lipinski definition) is 2. The van der Waals surface area contributed by atoms with Crippen molar-refractivity contribution >= 4 is 23.2 Å². The maximum absolute atomic E-state index is 6.29. The molecule has 2 aromatic rings. The van der Waals surface area contributed by atoms with Crippen molar-refractivity contribution in [3.63, 3.8) is 0 Å². The summed E-state index contributed by atoms with van der Waals surface area (Å²) < 4.78 is 1.78. The van der Waals surface area contributed by atoms with Crippen molar-refractivity contribution in [3.05, 3.63) is 45.7 Å². The summed E-state index contributed by atoms with van der Waals surface area (Å²) in [5, 5.41) is 9.17. The van der Waals surface area contributed by atoms with E-state index >= 15 is 0 Å². The molecule has 0 bridgehead atoms. The van der Waals surface area contributed by atoms with Gasteiger partial charge in [0.05, 0.1) is 16.4 Å². The zero-order valence-corrected chi connectivity index (χ0v) is 12.6. The SMILES string of the molecule is CCCNCc1c(Cl)cccc1-n1cc(Cl)c(C)n1. The Morgan fingerprint density at radius 3 is 2.68 bits per heavy atom. The van der Waals surface area contributed by atoms with Gasteiger partial charge in [0.25, 0.3) is 0 Å². The molecule has 3 nitrogen and oxygen atoms in total. The molecular weight excluding hydrogens is 281 g/mol. The average molecular weight is 298 g/mol. The summed E-state index contributed by atoms with van der Waals surface area (Å²) >= 11 is 12.4. The van der Waals surface area contributed by atoms with Crippen molar-refractivity contribution in [1.29, 1.82) is 0 Å². The summed E-state index contributed by atoms with van der Waals surface area (Å²) in [6, 6.07) is 5.81. The minimum absolute atomic E-state index is 0.660. The normalized spacial score (nSPS) is 10.9. The molecule has 0 aliphatic carbocycles. The lowest BCUT2D eigenvalue weighted by molar-refractivity contribution is 0.670. The molecule has 0 saturated carbocycles. The molecule has 1 heterocycles. The lowest BCUT2D eigenvalue weighted by Crippen LogP contribution is -2.16. The van der Waals surface area contributed by atoms with E-state index in [-0.39, 0.29) is 0 Å². The van der Waals surface area contributed by atoms with Crippen LogP contribution in [-0.4, -0.2) is 16.3 Å². The number of nitrogens with zero attached hydrogens (tertiary/aromatic N) is 2. The molecule has 0 unspecified atom stereocenters. The second kappa shape index (κ2) is 6.42. The standard InChI is InChI=1S/C14H17Cl2N3/c1-3-7-17-8-11-12(15)5-4-6-14(11)19-9-13(16)10(2)18-19/h4-6,9,17H,3,7-8H2,1-2H3. The van der Waals surface area contributed by atoms with E-state index in [1.54, 1.807) is 4.68 Å². The van der Waals surface area contributed by atoms with Crippen LogP contribution in [0.2, 0.25) is 10.0 Å². The first kappa shape index (κ1) is 14.4. The minimum Gasteiger partial charge on any atom is -0.313 e. The van der Waals surface area contributed by atoms with E-state index in [2.05, 4.69) is 17.3 Å². The largest absolute Gasteiger partial charge is 0.313 e. The van der Waals surface area contributed by atoms with Crippen molar-refractivity contribution < 1.29 is 0 Å². The molecule has 1 aromatic carbocycles. The summed E-state index contributed by atoms with van der Waals surface area (Å²) in [6.45, 7) is 5.71. The quantitative estimate of drug-likeness (QED) is 0.846. The highest BCUT2D eigenvalue weighted by molar-refractivity contribution is 6.31. The third-order valence-corrected chi connectivity index (χ3v) is 3.63. The van der Waals surface area contributed by atoms with Crippen LogP contribution in [0.3, 0.4) is 0 Å². The highest BCUT2D eigenvalue weighted by Gasteiger charge is 2.11. The maximum atomic E-state index is 6.29. The van der Waals surface area contributed by atoms with Crippen molar-refractivity contribution in [2.75, 3.05) is 6.54 Å². The van der Waals surface area contributed by atoms with Crippen molar-refractivity contribution in [3.8, 4) is 5.69 Å². The number of aryl methyl sites for hydroxylation is 1. The van der Waals surface area contributed by atoms with Crippen LogP contribution < -0.4 is 5.32 Å². The smallest absolute Gasteiger partial charge is 0.0819 e. The fraction of sp³-hybridized carbons (Fsp3) is 0.357. The van der Waals surface area contributed by atoms with Gasteiger partial charge in [-0.05, 0) is 32.0 Å². The van der Waals surface area contributed by atoms with Gasteiger partial charge in [0.2, 0.25) is 0 Å². The van der Waals surface area contributed by atoms with Gasteiger partial charge in [-0.2, -0.15) is 5.10 Å². The molecule has 19 heavy (non-hydrogen) atoms. The van der Waals surface area contributed by atoms with E-state index in [9.17, 15) is 0 Å². The van der Waals surface area contributed by atoms with Gasteiger partial charge in [-0.1, -0.05) is 36.2 Å². The van der Waals surface area contributed by atoms with Crippen LogP contribution in [0.1, 0.15) is 24.6 Å². The van der Waals surface area contributed by atoms with Gasteiger partial charge in [-0.3, -0.25) is 0 Å². The molecule has 5 heteroatoms. The Morgan fingerprint density at radius 2 is 2.05 bits per heavy atom. The number of rotatable bonds is 5. The van der Waals surface area contributed by atoms with Gasteiger partial charge in [0.15, 0.2) is 0 Å². The summed E-state index contributed by atoms with van der Waals surface area (Å²) in [4.78, 5) is 0. The van der Waals surface area contributed by atoms with Crippen LogP contribution in [0, 0.1) is 6.92 Å². The van der Waals surface area contributed by atoms with Gasteiger partial charge in [-0.15, -0.1) is 0 Å². The van der Waals surface area contributed by atoms with Crippen LogP contribution in [0.25, 0.3) is 5.69 Å². The zero-order valence-electron chi connectivity index (χ0n) is 11.1. The molecular formula is C14H17Cl2N3. The lowest BCUT2D eigenvalue weighted by Gasteiger charge is -2.12. The lowest BCUT2D eigenvalue weighted by atomic mass is 10.1. The molecule has 0 aliphatic rings. The van der Waals surface area contributed by atoms with Crippen LogP contribution in [0.5, 0.6) is 0 Å². The monoisotopic (exact) mass is 297 g/mol. The Balaban J connectivity index is 2.36. The molecule has 0 radical (unpaired) electrons. The highest BCUT2D eigenvalue weighted by atomic mass is 35.5. The van der Waals surface area contributed by atoms with E-state index in [0.717, 1.165) is 41.5 Å². The van der Waals surface area contributed by atoms with E-state index in [1.807, 2.05) is 31.3 Å². The molecule has 0 saturated heterocycles. The van der Waals surface area contributed by atoms with E-state index in [0.29, 0.717) is 5.02 Å². The van der Waals surface area contributed by atoms with Gasteiger partial charge < -0.3 is 5.32 Å². The van der Waals surface area contributed by atoms with Crippen LogP contribution >= 0.6 is 23.2 Å². The molecule has 0 spiro atoms. The molecule has 0 fully saturated rings. The third kappa shape index (κ3) is 3.30. The predicted octanol–water partition coefficient (Wildman–Crippen LogP) is 3.99. The Labute approximate surface area is 123 Å². The Hall–Kier alpha value is -1.03. The first-order valence-corrected chi connectivity index (χ1v) is 7.09. The highest BCUT2D eigenvalue weighted by Crippen LogP contribution is 2.24. The molecule has 1 aromatic heterocycles. The zero-order chi connectivity index (χ0) is 13.8. The molecule has 0 aliphatic heterocycles. The number of halogens is 2. The second-order valence-corrected chi connectivity index (χ2v) is 5.24. The van der Waals surface area contributed by atoms with E-state index in [1.165, 1.54) is 0 Å². The van der Waals surface area contributed by atoms with Gasteiger partial charge in [0.1, 0.15) is 0 Å². The fourth-order valence-electron chi connectivity index (χ4n) is 1.89. The topological polar surface area (TPSA) is 29.9 Å². The molecule has 0 amide bonds. The molecule has 0 atom stereocenters. The maximum Gasteiger partial charge on any atom is 0.0819 e. The summed E-state index contributed by atoms with van der Waals surface area (Å²) in [5.74, 6) is 0. The van der Waals surface area contributed by atoms with E-state index < -0.39 is 0 Å². The van der Waals surface area contributed by atoms with Crippen molar-refractivity contribution in [2.24, 2.45) is 0 Å². The predicted molar refractivity (Wildman–Crippen MR) is 80.3 cm³/mol. The average Bonchev–Trinajstić information content (AvgIpc) is 2.71. The van der Waals surface area contributed by atoms with E-state index in [4.69, 9.17) is 23.2 Å². The summed E-state index contributed by atoms with van der Waals surface area (Å²) in [6.07, 6.45) is 2.90. The van der Waals surface area contributed by atoms with Crippen molar-refractivity contribution in [2.45, 2.75) is 26.8 Å².